The van der Waals surface area contributed by atoms with E-state index in [9.17, 15) is 4.79 Å². The molecule has 0 saturated heterocycles. The van der Waals surface area contributed by atoms with Gasteiger partial charge in [-0.15, -0.1) is 11.3 Å². The van der Waals surface area contributed by atoms with Crippen molar-refractivity contribution in [2.24, 2.45) is 0 Å². The van der Waals surface area contributed by atoms with Crippen molar-refractivity contribution in [3.05, 3.63) is 77.4 Å². The van der Waals surface area contributed by atoms with E-state index in [-0.39, 0.29) is 11.2 Å². The van der Waals surface area contributed by atoms with Crippen molar-refractivity contribution in [1.29, 1.82) is 0 Å². The van der Waals surface area contributed by atoms with Gasteiger partial charge in [0.1, 0.15) is 10.4 Å². The molecule has 2 heterocycles. The van der Waals surface area contributed by atoms with Crippen LogP contribution in [0.25, 0.3) is 10.2 Å². The Balaban J connectivity index is 1.22. The minimum absolute atomic E-state index is 0.116. The number of benzene rings is 2. The van der Waals surface area contributed by atoms with E-state index in [1.807, 2.05) is 35.7 Å². The summed E-state index contributed by atoms with van der Waals surface area (Å²) < 4.78 is 6.71. The van der Waals surface area contributed by atoms with Crippen LogP contribution in [0.15, 0.2) is 72.1 Å². The number of hydrogen-bond donors (Lipinski definition) is 4. The molecule has 10 heteroatoms. The summed E-state index contributed by atoms with van der Waals surface area (Å²) in [6.07, 6.45) is 3.27. The number of halogens is 1. The number of thiophene rings is 1. The molecule has 34 heavy (non-hydrogen) atoms. The predicted molar refractivity (Wildman–Crippen MR) is 139 cm³/mol. The summed E-state index contributed by atoms with van der Waals surface area (Å²) in [5.41, 5.74) is 8.76. The standard InChI is InChI=1S/C24H23ClN6O2S/c25-24-30-20-10-14-34-22(20)23(31-24)33-19-4-1-3-18(15-19)29-21(32)5-2-11-27-12-13-28-17-8-6-16(26)7-9-17/h1-10,14-15,27-28H,11-13,26H2,(H,29,32). The number of hydrogen-bond acceptors (Lipinski definition) is 8. The number of nitrogens with one attached hydrogen (secondary N) is 3. The largest absolute Gasteiger partial charge is 0.437 e. The van der Waals surface area contributed by atoms with Crippen LogP contribution in [-0.4, -0.2) is 35.5 Å². The number of ether oxygens (including phenoxy) is 1. The fraction of sp³-hybridized carbons (Fsp3) is 0.125. The number of carbonyl (C=O) groups excluding carboxylic acids is 1. The fourth-order valence-electron chi connectivity index (χ4n) is 3.06. The number of fused-ring (bicyclic) bond motifs is 1. The van der Waals surface area contributed by atoms with Crippen molar-refractivity contribution < 1.29 is 9.53 Å². The van der Waals surface area contributed by atoms with Crippen LogP contribution in [-0.2, 0) is 4.79 Å². The molecule has 5 N–H and O–H groups in total. The Morgan fingerprint density at radius 1 is 1.09 bits per heavy atom. The molecule has 0 fully saturated rings. The lowest BCUT2D eigenvalue weighted by Gasteiger charge is -2.08. The van der Waals surface area contributed by atoms with Crippen LogP contribution in [0.2, 0.25) is 5.28 Å². The molecule has 0 atom stereocenters. The second-order valence-corrected chi connectivity index (χ2v) is 8.46. The average Bonchev–Trinajstić information content (AvgIpc) is 3.28. The number of nitrogen functional groups attached to an aromatic ring is 1. The Bertz CT molecular complexity index is 1290. The van der Waals surface area contributed by atoms with E-state index in [0.29, 0.717) is 23.9 Å². The van der Waals surface area contributed by atoms with Gasteiger partial charge in [-0.1, -0.05) is 12.1 Å². The maximum Gasteiger partial charge on any atom is 0.248 e. The van der Waals surface area contributed by atoms with Crippen molar-refractivity contribution in [3.63, 3.8) is 0 Å². The van der Waals surface area contributed by atoms with E-state index in [1.54, 1.807) is 30.3 Å². The third kappa shape index (κ3) is 6.67. The zero-order valence-electron chi connectivity index (χ0n) is 18.1. The number of aromatic nitrogens is 2. The first-order valence-electron chi connectivity index (χ1n) is 10.5. The van der Waals surface area contributed by atoms with Crippen LogP contribution in [0.4, 0.5) is 17.1 Å². The SMILES string of the molecule is Nc1ccc(NCCNCC=CC(=O)Nc2cccc(Oc3nc(Cl)nc4ccsc34)c2)cc1. The molecule has 0 aliphatic carbocycles. The second-order valence-electron chi connectivity index (χ2n) is 7.21. The van der Waals surface area contributed by atoms with E-state index in [4.69, 9.17) is 22.1 Å². The first kappa shape index (κ1) is 23.5. The van der Waals surface area contributed by atoms with Crippen LogP contribution in [0, 0.1) is 0 Å². The topological polar surface area (TPSA) is 114 Å². The van der Waals surface area contributed by atoms with Gasteiger partial charge in [0.2, 0.25) is 17.1 Å². The van der Waals surface area contributed by atoms with Gasteiger partial charge in [0.05, 0.1) is 5.52 Å². The summed E-state index contributed by atoms with van der Waals surface area (Å²) in [7, 11) is 0. The number of anilines is 3. The predicted octanol–water partition coefficient (Wildman–Crippen LogP) is 4.92. The third-order valence-corrected chi connectivity index (χ3v) is 5.69. The Morgan fingerprint density at radius 2 is 1.94 bits per heavy atom. The molecule has 0 unspecified atom stereocenters. The molecule has 2 aromatic heterocycles. The highest BCUT2D eigenvalue weighted by atomic mass is 35.5. The van der Waals surface area contributed by atoms with E-state index >= 15 is 0 Å². The molecule has 174 valence electrons. The second kappa shape index (κ2) is 11.5. The molecule has 2 aromatic carbocycles. The normalized spacial score (nSPS) is 11.1. The summed E-state index contributed by atoms with van der Waals surface area (Å²) >= 11 is 7.46. The highest BCUT2D eigenvalue weighted by Gasteiger charge is 2.11. The van der Waals surface area contributed by atoms with E-state index in [1.165, 1.54) is 17.4 Å². The van der Waals surface area contributed by atoms with Crippen molar-refractivity contribution in [2.45, 2.75) is 0 Å². The fourth-order valence-corrected chi connectivity index (χ4v) is 3.98. The number of nitrogens with zero attached hydrogens (tertiary/aromatic N) is 2. The highest BCUT2D eigenvalue weighted by Crippen LogP contribution is 2.32. The molecule has 0 saturated carbocycles. The van der Waals surface area contributed by atoms with Gasteiger partial charge in [0.15, 0.2) is 0 Å². The van der Waals surface area contributed by atoms with Gasteiger partial charge in [0, 0.05) is 48.8 Å². The molecular formula is C24H23ClN6O2S. The summed E-state index contributed by atoms with van der Waals surface area (Å²) in [6, 6.07) is 16.5. The maximum atomic E-state index is 12.2. The average molecular weight is 495 g/mol. The van der Waals surface area contributed by atoms with Gasteiger partial charge in [-0.25, -0.2) is 4.98 Å². The monoisotopic (exact) mass is 494 g/mol. The van der Waals surface area contributed by atoms with Crippen molar-refractivity contribution >= 4 is 56.1 Å². The molecule has 0 spiro atoms. The van der Waals surface area contributed by atoms with Crippen molar-refractivity contribution in [2.75, 3.05) is 36.0 Å². The van der Waals surface area contributed by atoms with E-state index < -0.39 is 0 Å². The van der Waals surface area contributed by atoms with Crippen LogP contribution in [0.1, 0.15) is 0 Å². The van der Waals surface area contributed by atoms with Gasteiger partial charge in [0.25, 0.3) is 0 Å². The Labute approximate surface area is 205 Å². The van der Waals surface area contributed by atoms with Crippen molar-refractivity contribution in [3.8, 4) is 11.6 Å². The van der Waals surface area contributed by atoms with Gasteiger partial charge < -0.3 is 26.4 Å². The van der Waals surface area contributed by atoms with Crippen LogP contribution >= 0.6 is 22.9 Å². The molecule has 4 rings (SSSR count). The molecule has 0 radical (unpaired) electrons. The summed E-state index contributed by atoms with van der Waals surface area (Å²) in [6.45, 7) is 2.08. The lowest BCUT2D eigenvalue weighted by atomic mass is 10.3. The van der Waals surface area contributed by atoms with E-state index in [2.05, 4.69) is 25.9 Å². The minimum Gasteiger partial charge on any atom is -0.437 e. The molecule has 8 nitrogen and oxygen atoms in total. The Hall–Kier alpha value is -3.66. The van der Waals surface area contributed by atoms with Crippen LogP contribution in [0.3, 0.4) is 0 Å². The van der Waals surface area contributed by atoms with Gasteiger partial charge >= 0.3 is 0 Å². The van der Waals surface area contributed by atoms with Crippen molar-refractivity contribution in [1.82, 2.24) is 15.3 Å². The maximum absolute atomic E-state index is 12.2. The zero-order chi connectivity index (χ0) is 23.8. The lowest BCUT2D eigenvalue weighted by molar-refractivity contribution is -0.111. The highest BCUT2D eigenvalue weighted by molar-refractivity contribution is 7.17. The first-order valence-corrected chi connectivity index (χ1v) is 11.8. The summed E-state index contributed by atoms with van der Waals surface area (Å²) in [4.78, 5) is 20.6. The smallest absolute Gasteiger partial charge is 0.248 e. The Morgan fingerprint density at radius 3 is 2.79 bits per heavy atom. The molecule has 0 aliphatic heterocycles. The van der Waals surface area contributed by atoms with Gasteiger partial charge in [-0.2, -0.15) is 4.98 Å². The van der Waals surface area contributed by atoms with Gasteiger partial charge in [-0.3, -0.25) is 4.79 Å². The minimum atomic E-state index is -0.232. The molecule has 0 bridgehead atoms. The summed E-state index contributed by atoms with van der Waals surface area (Å²) in [5, 5.41) is 11.4. The lowest BCUT2D eigenvalue weighted by Crippen LogP contribution is -2.22. The van der Waals surface area contributed by atoms with E-state index in [0.717, 1.165) is 34.7 Å². The molecule has 0 aliphatic rings. The first-order chi connectivity index (χ1) is 16.6. The number of nitrogens with two attached hydrogens (primary N) is 1. The third-order valence-electron chi connectivity index (χ3n) is 4.63. The van der Waals surface area contributed by atoms with Crippen LogP contribution < -0.4 is 26.4 Å². The quantitative estimate of drug-likeness (QED) is 0.107. The summed E-state index contributed by atoms with van der Waals surface area (Å²) in [5.74, 6) is 0.677. The molecule has 1 amide bonds. The van der Waals surface area contributed by atoms with Gasteiger partial charge in [-0.05, 0) is 59.4 Å². The molecular weight excluding hydrogens is 472 g/mol. The molecule has 4 aromatic rings. The number of rotatable bonds is 10. The number of carbonyl (C=O) groups is 1. The van der Waals surface area contributed by atoms with Crippen LogP contribution in [0.5, 0.6) is 11.6 Å². The zero-order valence-corrected chi connectivity index (χ0v) is 19.7. The Kier molecular flexibility index (Phi) is 7.92. The number of amides is 1.